The van der Waals surface area contributed by atoms with Crippen LogP contribution in [0.2, 0.25) is 0 Å². The van der Waals surface area contributed by atoms with E-state index in [9.17, 15) is 23.2 Å². The number of Topliss-reactive ketones (excluding diaryl/α,β-unsaturated/α-hetero) is 1. The molecule has 3 aromatic carbocycles. The molecule has 9 heteroatoms. The highest BCUT2D eigenvalue weighted by Gasteiger charge is 2.51. The molecule has 2 aliphatic heterocycles. The molecule has 7 nitrogen and oxygen atoms in total. The first-order valence-electron chi connectivity index (χ1n) is 10.9. The molecule has 2 N–H and O–H groups in total. The zero-order valence-corrected chi connectivity index (χ0v) is 18.6. The van der Waals surface area contributed by atoms with Gasteiger partial charge in [-0.25, -0.2) is 13.6 Å². The maximum atomic E-state index is 13.9. The third-order valence-electron chi connectivity index (χ3n) is 6.31. The normalized spacial score (nSPS) is 15.7. The van der Waals surface area contributed by atoms with E-state index in [4.69, 9.17) is 9.84 Å². The number of benzene rings is 3. The quantitative estimate of drug-likeness (QED) is 0.559. The highest BCUT2D eigenvalue weighted by atomic mass is 19.1. The van der Waals surface area contributed by atoms with E-state index in [1.54, 1.807) is 36.4 Å². The number of rotatable bonds is 3. The summed E-state index contributed by atoms with van der Waals surface area (Å²) in [4.78, 5) is 37.4. The van der Waals surface area contributed by atoms with Crippen LogP contribution in [0.25, 0.3) is 11.1 Å². The van der Waals surface area contributed by atoms with Gasteiger partial charge in [-0.05, 0) is 60.0 Å². The Hall–Kier alpha value is -4.27. The first-order chi connectivity index (χ1) is 16.7. The van der Waals surface area contributed by atoms with Gasteiger partial charge in [0.2, 0.25) is 0 Å². The molecule has 5 rings (SSSR count). The SMILES string of the molecule is Cc1cc2c(cc1-c1ccc(NC(=O)c3c(F)cccc3F)cc1)OC1(CC2=O)CN(C(=O)O)C1. The van der Waals surface area contributed by atoms with Crippen LogP contribution in [0, 0.1) is 18.6 Å². The van der Waals surface area contributed by atoms with Crippen molar-refractivity contribution < 1.29 is 33.0 Å². The van der Waals surface area contributed by atoms with E-state index in [1.807, 2.05) is 6.92 Å². The Labute approximate surface area is 198 Å². The van der Waals surface area contributed by atoms with E-state index in [0.717, 1.165) is 28.8 Å². The molecule has 2 amide bonds. The summed E-state index contributed by atoms with van der Waals surface area (Å²) < 4.78 is 33.9. The number of aryl methyl sites for hydroxylation is 1. The number of fused-ring (bicyclic) bond motifs is 1. The largest absolute Gasteiger partial charge is 0.482 e. The third kappa shape index (κ3) is 3.99. The Morgan fingerprint density at radius 2 is 1.69 bits per heavy atom. The number of hydrogen-bond acceptors (Lipinski definition) is 4. The van der Waals surface area contributed by atoms with Crippen molar-refractivity contribution in [2.45, 2.75) is 18.9 Å². The maximum absolute atomic E-state index is 13.9. The van der Waals surface area contributed by atoms with Crippen LogP contribution in [0.4, 0.5) is 19.3 Å². The number of carboxylic acid groups (broad SMARTS) is 1. The van der Waals surface area contributed by atoms with Gasteiger partial charge in [0.05, 0.1) is 25.1 Å². The van der Waals surface area contributed by atoms with Crippen LogP contribution in [-0.2, 0) is 0 Å². The molecule has 0 bridgehead atoms. The number of nitrogens with zero attached hydrogens (tertiary/aromatic N) is 1. The summed E-state index contributed by atoms with van der Waals surface area (Å²) in [5, 5.41) is 11.6. The molecule has 0 aliphatic carbocycles. The summed E-state index contributed by atoms with van der Waals surface area (Å²) in [6.45, 7) is 2.13. The number of anilines is 1. The molecule has 0 saturated carbocycles. The average Bonchev–Trinajstić information content (AvgIpc) is 2.78. The summed E-state index contributed by atoms with van der Waals surface area (Å²) in [6, 6.07) is 13.4. The van der Waals surface area contributed by atoms with Crippen LogP contribution in [-0.4, -0.2) is 46.5 Å². The van der Waals surface area contributed by atoms with Crippen molar-refractivity contribution in [1.29, 1.82) is 0 Å². The van der Waals surface area contributed by atoms with Gasteiger partial charge in [0, 0.05) is 5.69 Å². The number of ketones is 1. The molecule has 1 saturated heterocycles. The average molecular weight is 478 g/mol. The molecule has 35 heavy (non-hydrogen) atoms. The lowest BCUT2D eigenvalue weighted by Gasteiger charge is -2.49. The first-order valence-corrected chi connectivity index (χ1v) is 10.9. The fourth-order valence-corrected chi connectivity index (χ4v) is 4.56. The standard InChI is InChI=1S/C26H20F2N2O5/c1-14-9-18-21(31)11-26(12-30(13-26)25(33)34)35-22(18)10-17(14)15-5-7-16(8-6-15)29-24(32)23-19(27)3-2-4-20(23)28/h2-10H,11-13H2,1H3,(H,29,32)(H,33,34). The van der Waals surface area contributed by atoms with Crippen molar-refractivity contribution in [2.24, 2.45) is 0 Å². The van der Waals surface area contributed by atoms with E-state index in [1.165, 1.54) is 11.0 Å². The van der Waals surface area contributed by atoms with Gasteiger partial charge in [0.25, 0.3) is 5.91 Å². The van der Waals surface area contributed by atoms with Gasteiger partial charge in [-0.3, -0.25) is 9.59 Å². The van der Waals surface area contributed by atoms with Crippen molar-refractivity contribution in [3.05, 3.63) is 82.9 Å². The highest BCUT2D eigenvalue weighted by Crippen LogP contribution is 2.41. The summed E-state index contributed by atoms with van der Waals surface area (Å²) in [5.41, 5.74) is 1.72. The fraction of sp³-hybridized carbons (Fsp3) is 0.192. The molecule has 1 spiro atoms. The number of carbonyl (C=O) groups excluding carboxylic acids is 2. The Bertz CT molecular complexity index is 1360. The van der Waals surface area contributed by atoms with Gasteiger partial charge in [-0.15, -0.1) is 0 Å². The predicted molar refractivity (Wildman–Crippen MR) is 123 cm³/mol. The zero-order chi connectivity index (χ0) is 24.9. The molecule has 0 aromatic heterocycles. The number of likely N-dealkylation sites (tertiary alicyclic amines) is 1. The molecule has 0 atom stereocenters. The molecule has 1 fully saturated rings. The second-order valence-electron chi connectivity index (χ2n) is 8.82. The Morgan fingerprint density at radius 1 is 1.03 bits per heavy atom. The lowest BCUT2D eigenvalue weighted by Crippen LogP contribution is -2.67. The van der Waals surface area contributed by atoms with Crippen LogP contribution >= 0.6 is 0 Å². The lowest BCUT2D eigenvalue weighted by molar-refractivity contribution is -0.0684. The summed E-state index contributed by atoms with van der Waals surface area (Å²) in [6.07, 6.45) is -0.925. The maximum Gasteiger partial charge on any atom is 0.407 e. The van der Waals surface area contributed by atoms with Gasteiger partial charge in [0.1, 0.15) is 22.9 Å². The van der Waals surface area contributed by atoms with E-state index < -0.39 is 34.8 Å². The van der Waals surface area contributed by atoms with Gasteiger partial charge >= 0.3 is 6.09 Å². The Morgan fingerprint density at radius 3 is 2.31 bits per heavy atom. The van der Waals surface area contributed by atoms with Crippen LogP contribution in [0.3, 0.4) is 0 Å². The van der Waals surface area contributed by atoms with Crippen molar-refractivity contribution in [2.75, 3.05) is 18.4 Å². The number of carbonyl (C=O) groups is 3. The summed E-state index contributed by atoms with van der Waals surface area (Å²) in [7, 11) is 0. The fourth-order valence-electron chi connectivity index (χ4n) is 4.56. The molecule has 0 radical (unpaired) electrons. The molecule has 2 aliphatic rings. The van der Waals surface area contributed by atoms with E-state index in [2.05, 4.69) is 5.32 Å². The second kappa shape index (κ2) is 8.19. The zero-order valence-electron chi connectivity index (χ0n) is 18.6. The van der Waals surface area contributed by atoms with Crippen LogP contribution in [0.15, 0.2) is 54.6 Å². The summed E-state index contributed by atoms with van der Waals surface area (Å²) >= 11 is 0. The van der Waals surface area contributed by atoms with Crippen LogP contribution < -0.4 is 10.1 Å². The number of ether oxygens (including phenoxy) is 1. The van der Waals surface area contributed by atoms with Gasteiger partial charge in [-0.1, -0.05) is 18.2 Å². The molecule has 178 valence electrons. The van der Waals surface area contributed by atoms with Gasteiger partial charge in [-0.2, -0.15) is 0 Å². The molecular weight excluding hydrogens is 458 g/mol. The summed E-state index contributed by atoms with van der Waals surface area (Å²) in [5.74, 6) is -2.49. The highest BCUT2D eigenvalue weighted by molar-refractivity contribution is 6.05. The minimum absolute atomic E-state index is 0.0932. The molecule has 3 aromatic rings. The number of nitrogens with one attached hydrogen (secondary N) is 1. The van der Waals surface area contributed by atoms with Crippen LogP contribution in [0.1, 0.15) is 32.7 Å². The number of hydrogen-bond donors (Lipinski definition) is 2. The number of amides is 2. The predicted octanol–water partition coefficient (Wildman–Crippen LogP) is 4.89. The minimum Gasteiger partial charge on any atom is -0.482 e. The number of halogens is 2. The van der Waals surface area contributed by atoms with E-state index in [0.29, 0.717) is 17.0 Å². The van der Waals surface area contributed by atoms with Crippen molar-refractivity contribution in [3.63, 3.8) is 0 Å². The first kappa shape index (κ1) is 22.5. The Kier molecular flexibility index (Phi) is 5.27. The van der Waals surface area contributed by atoms with Gasteiger partial charge < -0.3 is 20.1 Å². The second-order valence-corrected chi connectivity index (χ2v) is 8.82. The molecular formula is C26H20F2N2O5. The Balaban J connectivity index is 1.38. The minimum atomic E-state index is -1.05. The topological polar surface area (TPSA) is 95.9 Å². The monoisotopic (exact) mass is 478 g/mol. The lowest BCUT2D eigenvalue weighted by atomic mass is 9.83. The van der Waals surface area contributed by atoms with Crippen molar-refractivity contribution >= 4 is 23.5 Å². The van der Waals surface area contributed by atoms with E-state index in [-0.39, 0.29) is 25.3 Å². The third-order valence-corrected chi connectivity index (χ3v) is 6.31. The smallest absolute Gasteiger partial charge is 0.407 e. The van der Waals surface area contributed by atoms with Crippen LogP contribution in [0.5, 0.6) is 5.75 Å². The van der Waals surface area contributed by atoms with Crippen molar-refractivity contribution in [1.82, 2.24) is 4.90 Å². The van der Waals surface area contributed by atoms with Gasteiger partial charge in [0.15, 0.2) is 11.4 Å². The molecule has 2 heterocycles. The van der Waals surface area contributed by atoms with E-state index >= 15 is 0 Å². The van der Waals surface area contributed by atoms with Crippen molar-refractivity contribution in [3.8, 4) is 16.9 Å². The molecule has 0 unspecified atom stereocenters.